The molecule has 0 spiro atoms. The summed E-state index contributed by atoms with van der Waals surface area (Å²) in [6, 6.07) is 3.26. The lowest BCUT2D eigenvalue weighted by atomic mass is 10.0. The summed E-state index contributed by atoms with van der Waals surface area (Å²) in [6.07, 6.45) is 4.83. The molecule has 6 nitrogen and oxygen atoms in total. The maximum Gasteiger partial charge on any atom is 0.326 e. The zero-order valence-electron chi connectivity index (χ0n) is 14.6. The van der Waals surface area contributed by atoms with Crippen LogP contribution in [0, 0.1) is 5.82 Å². The molecule has 0 aliphatic carbocycles. The summed E-state index contributed by atoms with van der Waals surface area (Å²) in [4.78, 5) is 26.6. The maximum absolute atomic E-state index is 13.3. The predicted octanol–water partition coefficient (Wildman–Crippen LogP) is 2.77. The number of halogens is 1. The van der Waals surface area contributed by atoms with Crippen molar-refractivity contribution >= 4 is 22.8 Å². The number of nitrogens with one attached hydrogen (secondary N) is 2. The number of carbonyl (C=O) groups is 2. The summed E-state index contributed by atoms with van der Waals surface area (Å²) >= 11 is 0. The maximum atomic E-state index is 13.3. The van der Waals surface area contributed by atoms with E-state index in [1.54, 1.807) is 12.3 Å². The Morgan fingerprint density at radius 1 is 1.42 bits per heavy atom. The summed E-state index contributed by atoms with van der Waals surface area (Å²) in [6.45, 7) is 2.01. The first-order chi connectivity index (χ1) is 12.4. The molecular formula is C19H23FN2O4. The van der Waals surface area contributed by atoms with Crippen LogP contribution in [0.2, 0.25) is 0 Å². The Morgan fingerprint density at radius 3 is 2.92 bits per heavy atom. The van der Waals surface area contributed by atoms with E-state index < -0.39 is 12.0 Å². The molecule has 0 unspecified atom stereocenters. The lowest BCUT2D eigenvalue weighted by molar-refractivity contribution is -0.141. The first kappa shape index (κ1) is 18.4. The number of aromatic nitrogens is 1. The minimum Gasteiger partial charge on any atom is -0.480 e. The molecule has 1 amide bonds. The predicted molar refractivity (Wildman–Crippen MR) is 94.3 cm³/mol. The average molecular weight is 362 g/mol. The number of carboxylic acid groups (broad SMARTS) is 1. The second kappa shape index (κ2) is 7.86. The highest BCUT2D eigenvalue weighted by atomic mass is 19.1. The van der Waals surface area contributed by atoms with Crippen molar-refractivity contribution in [3.8, 4) is 0 Å². The van der Waals surface area contributed by atoms with E-state index in [9.17, 15) is 19.1 Å². The third kappa shape index (κ3) is 4.40. The molecule has 2 heterocycles. The topological polar surface area (TPSA) is 91.4 Å². The number of rotatable bonds is 7. The van der Waals surface area contributed by atoms with Crippen molar-refractivity contribution in [3.63, 3.8) is 0 Å². The zero-order valence-corrected chi connectivity index (χ0v) is 14.6. The van der Waals surface area contributed by atoms with Crippen molar-refractivity contribution in [2.24, 2.45) is 0 Å². The lowest BCUT2D eigenvalue weighted by Gasteiger charge is -2.15. The number of aliphatic carboxylic acids is 1. The van der Waals surface area contributed by atoms with Crippen molar-refractivity contribution in [2.75, 3.05) is 0 Å². The molecule has 1 aromatic carbocycles. The molecule has 0 radical (unpaired) electrons. The molecule has 140 valence electrons. The number of carboxylic acids is 1. The van der Waals surface area contributed by atoms with Gasteiger partial charge in [-0.1, -0.05) is 0 Å². The third-order valence-electron chi connectivity index (χ3n) is 4.80. The minimum absolute atomic E-state index is 0.0718. The van der Waals surface area contributed by atoms with Crippen molar-refractivity contribution < 1.29 is 23.8 Å². The number of hydrogen-bond acceptors (Lipinski definition) is 3. The molecule has 1 aliphatic heterocycles. The number of amides is 1. The Kier molecular flexibility index (Phi) is 5.56. The summed E-state index contributed by atoms with van der Waals surface area (Å²) < 4.78 is 18.9. The van der Waals surface area contributed by atoms with Gasteiger partial charge < -0.3 is 20.1 Å². The highest BCUT2D eigenvalue weighted by Gasteiger charge is 2.25. The smallest absolute Gasteiger partial charge is 0.326 e. The van der Waals surface area contributed by atoms with Crippen LogP contribution in [0.1, 0.15) is 38.2 Å². The van der Waals surface area contributed by atoms with Crippen LogP contribution in [0.5, 0.6) is 0 Å². The van der Waals surface area contributed by atoms with E-state index in [4.69, 9.17) is 4.74 Å². The standard InChI is InChI=1S/C19H23FN2O4/c1-11-2-4-14(26-11)5-7-18(23)22-17(19(24)25)8-12-10-21-16-9-13(20)3-6-15(12)16/h3,6,9-11,14,17,21H,2,4-5,7-8H2,1H3,(H,22,23)(H,24,25)/t11-,14-,17+/m1/s1. The number of H-pyrrole nitrogens is 1. The van der Waals surface area contributed by atoms with Gasteiger partial charge in [0.1, 0.15) is 11.9 Å². The van der Waals surface area contributed by atoms with Crippen LogP contribution in [0.4, 0.5) is 4.39 Å². The Balaban J connectivity index is 1.59. The monoisotopic (exact) mass is 362 g/mol. The van der Waals surface area contributed by atoms with Crippen molar-refractivity contribution in [1.82, 2.24) is 10.3 Å². The molecule has 3 rings (SSSR count). The molecule has 1 aliphatic rings. The Bertz CT molecular complexity index is 804. The van der Waals surface area contributed by atoms with Gasteiger partial charge in [0.05, 0.1) is 12.2 Å². The van der Waals surface area contributed by atoms with Crippen LogP contribution in [0.15, 0.2) is 24.4 Å². The largest absolute Gasteiger partial charge is 0.480 e. The highest BCUT2D eigenvalue weighted by molar-refractivity contribution is 5.86. The highest BCUT2D eigenvalue weighted by Crippen LogP contribution is 2.23. The van der Waals surface area contributed by atoms with E-state index in [1.807, 2.05) is 6.92 Å². The Morgan fingerprint density at radius 2 is 2.23 bits per heavy atom. The van der Waals surface area contributed by atoms with Crippen LogP contribution < -0.4 is 5.32 Å². The first-order valence-corrected chi connectivity index (χ1v) is 8.85. The molecule has 7 heteroatoms. The van der Waals surface area contributed by atoms with E-state index in [-0.39, 0.29) is 36.8 Å². The molecule has 3 atom stereocenters. The van der Waals surface area contributed by atoms with E-state index in [1.165, 1.54) is 12.1 Å². The van der Waals surface area contributed by atoms with Crippen LogP contribution in [-0.4, -0.2) is 40.2 Å². The lowest BCUT2D eigenvalue weighted by Crippen LogP contribution is -2.42. The number of ether oxygens (including phenoxy) is 1. The number of fused-ring (bicyclic) bond motifs is 1. The van der Waals surface area contributed by atoms with Gasteiger partial charge in [-0.2, -0.15) is 0 Å². The van der Waals surface area contributed by atoms with Crippen molar-refractivity contribution in [2.45, 2.75) is 57.3 Å². The number of hydrogen-bond donors (Lipinski definition) is 3. The van der Waals surface area contributed by atoms with E-state index in [0.29, 0.717) is 11.9 Å². The summed E-state index contributed by atoms with van der Waals surface area (Å²) in [7, 11) is 0. The fourth-order valence-electron chi connectivity index (χ4n) is 3.40. The first-order valence-electron chi connectivity index (χ1n) is 8.85. The number of aromatic amines is 1. The van der Waals surface area contributed by atoms with Gasteiger partial charge in [0.25, 0.3) is 0 Å². The Labute approximate surface area is 150 Å². The van der Waals surface area contributed by atoms with Crippen LogP contribution in [0.25, 0.3) is 10.9 Å². The second-order valence-electron chi connectivity index (χ2n) is 6.85. The van der Waals surface area contributed by atoms with Gasteiger partial charge in [-0.3, -0.25) is 4.79 Å². The van der Waals surface area contributed by atoms with Crippen molar-refractivity contribution in [1.29, 1.82) is 0 Å². The van der Waals surface area contributed by atoms with E-state index >= 15 is 0 Å². The molecule has 0 bridgehead atoms. The van der Waals surface area contributed by atoms with Gasteiger partial charge in [0, 0.05) is 29.9 Å². The minimum atomic E-state index is -1.10. The number of carbonyl (C=O) groups excluding carboxylic acids is 1. The molecule has 1 saturated heterocycles. The zero-order chi connectivity index (χ0) is 18.7. The van der Waals surface area contributed by atoms with Crippen LogP contribution in [0.3, 0.4) is 0 Å². The average Bonchev–Trinajstić information content (AvgIpc) is 3.18. The summed E-state index contributed by atoms with van der Waals surface area (Å²) in [5.74, 6) is -1.76. The molecule has 1 fully saturated rings. The molecule has 3 N–H and O–H groups in total. The number of benzene rings is 1. The second-order valence-corrected chi connectivity index (χ2v) is 6.85. The van der Waals surface area contributed by atoms with Gasteiger partial charge in [-0.15, -0.1) is 0 Å². The third-order valence-corrected chi connectivity index (χ3v) is 4.80. The van der Waals surface area contributed by atoms with Gasteiger partial charge in [0.15, 0.2) is 0 Å². The summed E-state index contributed by atoms with van der Waals surface area (Å²) in [5.41, 5.74) is 1.32. The van der Waals surface area contributed by atoms with E-state index in [0.717, 1.165) is 23.8 Å². The van der Waals surface area contributed by atoms with Gasteiger partial charge in [0.2, 0.25) is 5.91 Å². The molecular weight excluding hydrogens is 339 g/mol. The van der Waals surface area contributed by atoms with Gasteiger partial charge >= 0.3 is 5.97 Å². The molecule has 2 aromatic rings. The molecule has 26 heavy (non-hydrogen) atoms. The van der Waals surface area contributed by atoms with Crippen molar-refractivity contribution in [3.05, 3.63) is 35.8 Å². The summed E-state index contributed by atoms with van der Waals surface area (Å²) in [5, 5.41) is 12.8. The van der Waals surface area contributed by atoms with Crippen LogP contribution in [-0.2, 0) is 20.7 Å². The van der Waals surface area contributed by atoms with Crippen LogP contribution >= 0.6 is 0 Å². The van der Waals surface area contributed by atoms with Gasteiger partial charge in [-0.25, -0.2) is 9.18 Å². The fourth-order valence-corrected chi connectivity index (χ4v) is 3.40. The van der Waals surface area contributed by atoms with E-state index in [2.05, 4.69) is 10.3 Å². The SMILES string of the molecule is C[C@@H]1CC[C@H](CCC(=O)N[C@@H](Cc2c[nH]c3cc(F)ccc23)C(=O)O)O1. The van der Waals surface area contributed by atoms with Gasteiger partial charge in [-0.05, 0) is 49.9 Å². The molecule has 1 aromatic heterocycles. The molecule has 0 saturated carbocycles. The quantitative estimate of drug-likeness (QED) is 0.706. The normalized spacial score (nSPS) is 21.0. The fraction of sp³-hybridized carbons (Fsp3) is 0.474. The Hall–Kier alpha value is -2.41.